The molecular weight excluding hydrogens is 110 g/mol. The molecule has 0 fully saturated rings. The van der Waals surface area contributed by atoms with Crippen LogP contribution in [0.25, 0.3) is 0 Å². The van der Waals surface area contributed by atoms with E-state index in [1.165, 1.54) is 0 Å². The summed E-state index contributed by atoms with van der Waals surface area (Å²) in [6.07, 6.45) is 10.6. The minimum atomic E-state index is -0.283. The predicted octanol–water partition coefficient (Wildman–Crippen LogP) is 1.39. The Morgan fingerprint density at radius 1 is 1.56 bits per heavy atom. The van der Waals surface area contributed by atoms with E-state index in [9.17, 15) is 0 Å². The lowest BCUT2D eigenvalue weighted by Gasteiger charge is -2.20. The maximum absolute atomic E-state index is 5.80. The Bertz CT molecular complexity index is 167. The third kappa shape index (κ3) is 1.30. The lowest BCUT2D eigenvalue weighted by molar-refractivity contribution is 0.661. The van der Waals surface area contributed by atoms with E-state index in [-0.39, 0.29) is 5.54 Å². The van der Waals surface area contributed by atoms with Crippen molar-refractivity contribution in [3.63, 3.8) is 0 Å². The molecule has 0 aliphatic heterocycles. The van der Waals surface area contributed by atoms with Gasteiger partial charge >= 0.3 is 0 Å². The van der Waals surface area contributed by atoms with E-state index in [1.54, 1.807) is 6.08 Å². The summed E-state index contributed by atoms with van der Waals surface area (Å²) in [6.45, 7) is 3.65. The summed E-state index contributed by atoms with van der Waals surface area (Å²) >= 11 is 0. The molecule has 0 spiro atoms. The fourth-order valence-electron chi connectivity index (χ4n) is 0.805. The van der Waals surface area contributed by atoms with Crippen LogP contribution in [0.15, 0.2) is 37.0 Å². The zero-order valence-electron chi connectivity index (χ0n) is 5.38. The number of allylic oxidation sites excluding steroid dienone is 2. The van der Waals surface area contributed by atoms with Gasteiger partial charge in [-0.3, -0.25) is 0 Å². The smallest absolute Gasteiger partial charge is 0.0560 e. The summed E-state index contributed by atoms with van der Waals surface area (Å²) < 4.78 is 0. The molecule has 2 N–H and O–H groups in total. The second kappa shape index (κ2) is 2.19. The van der Waals surface area contributed by atoms with E-state index in [4.69, 9.17) is 5.73 Å². The van der Waals surface area contributed by atoms with Gasteiger partial charge in [-0.15, -0.1) is 6.58 Å². The summed E-state index contributed by atoms with van der Waals surface area (Å²) in [7, 11) is 0. The maximum atomic E-state index is 5.80. The van der Waals surface area contributed by atoms with Gasteiger partial charge in [0.1, 0.15) is 0 Å². The molecule has 1 aliphatic carbocycles. The molecule has 0 bridgehead atoms. The summed E-state index contributed by atoms with van der Waals surface area (Å²) in [5.74, 6) is 0. The summed E-state index contributed by atoms with van der Waals surface area (Å²) in [6, 6.07) is 0. The van der Waals surface area contributed by atoms with Crippen LogP contribution in [0, 0.1) is 0 Å². The van der Waals surface area contributed by atoms with Crippen LogP contribution in [0.4, 0.5) is 0 Å². The summed E-state index contributed by atoms with van der Waals surface area (Å²) in [4.78, 5) is 0. The third-order valence-corrected chi connectivity index (χ3v) is 1.51. The van der Waals surface area contributed by atoms with Gasteiger partial charge in [0.25, 0.3) is 0 Å². The molecule has 1 aliphatic rings. The molecule has 0 radical (unpaired) electrons. The highest BCUT2D eigenvalue weighted by Crippen LogP contribution is 2.14. The van der Waals surface area contributed by atoms with Crippen LogP contribution >= 0.6 is 0 Å². The van der Waals surface area contributed by atoms with Crippen molar-refractivity contribution in [3.8, 4) is 0 Å². The Labute approximate surface area is 55.6 Å². The molecule has 0 aromatic carbocycles. The van der Waals surface area contributed by atoms with Gasteiger partial charge in [-0.2, -0.15) is 0 Å². The number of rotatable bonds is 1. The first-order valence-electron chi connectivity index (χ1n) is 3.04. The number of nitrogens with two attached hydrogens (primary N) is 1. The molecule has 0 amide bonds. The molecule has 1 unspecified atom stereocenters. The first-order chi connectivity index (χ1) is 4.27. The van der Waals surface area contributed by atoms with Gasteiger partial charge in [0.2, 0.25) is 0 Å². The largest absolute Gasteiger partial charge is 0.318 e. The lowest BCUT2D eigenvalue weighted by atomic mass is 9.93. The van der Waals surface area contributed by atoms with E-state index < -0.39 is 0 Å². The topological polar surface area (TPSA) is 26.0 Å². The molecule has 1 rings (SSSR count). The van der Waals surface area contributed by atoms with Gasteiger partial charge < -0.3 is 5.73 Å². The standard InChI is InChI=1S/C8H11N/c1-2-8(9)6-4-3-5-7-8/h2-6H,1,7,9H2. The molecule has 1 atom stereocenters. The van der Waals surface area contributed by atoms with Crippen molar-refractivity contribution in [3.05, 3.63) is 37.0 Å². The number of hydrogen-bond donors (Lipinski definition) is 1. The highest BCUT2D eigenvalue weighted by Gasteiger charge is 2.15. The fraction of sp³-hybridized carbons (Fsp3) is 0.250. The zero-order chi connectivity index (χ0) is 6.74. The molecule has 0 heterocycles. The molecule has 1 nitrogen and oxygen atoms in total. The van der Waals surface area contributed by atoms with Crippen molar-refractivity contribution >= 4 is 0 Å². The zero-order valence-corrected chi connectivity index (χ0v) is 5.38. The van der Waals surface area contributed by atoms with Crippen LogP contribution in [0.5, 0.6) is 0 Å². The fourth-order valence-corrected chi connectivity index (χ4v) is 0.805. The van der Waals surface area contributed by atoms with E-state index >= 15 is 0 Å². The highest BCUT2D eigenvalue weighted by molar-refractivity contribution is 5.25. The first-order valence-corrected chi connectivity index (χ1v) is 3.04. The second-order valence-corrected chi connectivity index (χ2v) is 2.31. The average Bonchev–Trinajstić information content (AvgIpc) is 1.90. The SMILES string of the molecule is C=CC1(N)C=CC=CC1. The summed E-state index contributed by atoms with van der Waals surface area (Å²) in [5.41, 5.74) is 5.52. The van der Waals surface area contributed by atoms with Crippen LogP contribution in [0.1, 0.15) is 6.42 Å². The van der Waals surface area contributed by atoms with Gasteiger partial charge in [-0.1, -0.05) is 30.4 Å². The van der Waals surface area contributed by atoms with Crippen molar-refractivity contribution in [2.24, 2.45) is 5.73 Å². The van der Waals surface area contributed by atoms with Crippen molar-refractivity contribution in [2.75, 3.05) is 0 Å². The molecule has 0 saturated heterocycles. The highest BCUT2D eigenvalue weighted by atomic mass is 14.7. The van der Waals surface area contributed by atoms with E-state index in [0.717, 1.165) is 6.42 Å². The Kier molecular flexibility index (Phi) is 1.54. The van der Waals surface area contributed by atoms with Crippen molar-refractivity contribution in [1.82, 2.24) is 0 Å². The van der Waals surface area contributed by atoms with Gasteiger partial charge in [0.15, 0.2) is 0 Å². The summed E-state index contributed by atoms with van der Waals surface area (Å²) in [5, 5.41) is 0. The van der Waals surface area contributed by atoms with Crippen molar-refractivity contribution in [2.45, 2.75) is 12.0 Å². The average molecular weight is 121 g/mol. The molecule has 1 heteroatoms. The normalized spacial score (nSPS) is 32.6. The quantitative estimate of drug-likeness (QED) is 0.521. The van der Waals surface area contributed by atoms with Crippen LogP contribution < -0.4 is 5.73 Å². The Morgan fingerprint density at radius 3 is 2.67 bits per heavy atom. The Balaban J connectivity index is 2.73. The molecular formula is C8H11N. The van der Waals surface area contributed by atoms with E-state index in [0.29, 0.717) is 0 Å². The number of hydrogen-bond acceptors (Lipinski definition) is 1. The van der Waals surface area contributed by atoms with Crippen LogP contribution in [-0.4, -0.2) is 5.54 Å². The second-order valence-electron chi connectivity index (χ2n) is 2.31. The van der Waals surface area contributed by atoms with Crippen LogP contribution in [0.3, 0.4) is 0 Å². The maximum Gasteiger partial charge on any atom is 0.0560 e. The first kappa shape index (κ1) is 6.30. The minimum Gasteiger partial charge on any atom is -0.318 e. The van der Waals surface area contributed by atoms with Gasteiger partial charge in [-0.05, 0) is 6.42 Å². The monoisotopic (exact) mass is 121 g/mol. The van der Waals surface area contributed by atoms with Crippen molar-refractivity contribution < 1.29 is 0 Å². The molecule has 0 aromatic heterocycles. The van der Waals surface area contributed by atoms with Crippen LogP contribution in [0.2, 0.25) is 0 Å². The molecule has 0 aromatic rings. The van der Waals surface area contributed by atoms with Gasteiger partial charge in [-0.25, -0.2) is 0 Å². The lowest BCUT2D eigenvalue weighted by Crippen LogP contribution is -2.34. The van der Waals surface area contributed by atoms with Crippen molar-refractivity contribution in [1.29, 1.82) is 0 Å². The Hall–Kier alpha value is -0.820. The molecule has 0 saturated carbocycles. The Morgan fingerprint density at radius 2 is 2.33 bits per heavy atom. The minimum absolute atomic E-state index is 0.283. The predicted molar refractivity (Wildman–Crippen MR) is 40.0 cm³/mol. The van der Waals surface area contributed by atoms with Gasteiger partial charge in [0, 0.05) is 0 Å². The third-order valence-electron chi connectivity index (χ3n) is 1.51. The van der Waals surface area contributed by atoms with E-state index in [1.807, 2.05) is 24.3 Å². The molecule has 9 heavy (non-hydrogen) atoms. The van der Waals surface area contributed by atoms with E-state index in [2.05, 4.69) is 6.58 Å². The molecule has 48 valence electrons. The van der Waals surface area contributed by atoms with Crippen LogP contribution in [-0.2, 0) is 0 Å². The van der Waals surface area contributed by atoms with Gasteiger partial charge in [0.05, 0.1) is 5.54 Å².